The molecule has 6 bridgehead atoms. The second-order valence-corrected chi connectivity index (χ2v) is 13.0. The number of benzene rings is 5. The minimum absolute atomic E-state index is 0.0214. The van der Waals surface area contributed by atoms with Crippen LogP contribution in [0.5, 0.6) is 46.0 Å². The Morgan fingerprint density at radius 3 is 2.12 bits per heavy atom. The van der Waals surface area contributed by atoms with Gasteiger partial charge in [-0.2, -0.15) is 0 Å². The van der Waals surface area contributed by atoms with Gasteiger partial charge in [0.2, 0.25) is 5.75 Å². The van der Waals surface area contributed by atoms with Crippen LogP contribution in [0, 0.1) is 0 Å². The molecular weight excluding hydrogens is 628 g/mol. The average molecular weight is 671 g/mol. The van der Waals surface area contributed by atoms with E-state index in [1.165, 1.54) is 22.3 Å². The summed E-state index contributed by atoms with van der Waals surface area (Å²) in [5, 5.41) is 7.52. The molecule has 2 atom stereocenters. The molecule has 0 amide bonds. The molecule has 4 heterocycles. The van der Waals surface area contributed by atoms with Crippen molar-refractivity contribution in [2.24, 2.45) is 0 Å². The molecule has 0 spiro atoms. The highest BCUT2D eigenvalue weighted by Gasteiger charge is 2.32. The van der Waals surface area contributed by atoms with Gasteiger partial charge in [0.15, 0.2) is 34.5 Å². The Bertz CT molecular complexity index is 2000. The highest BCUT2D eigenvalue weighted by molar-refractivity contribution is 5.63. The molecule has 9 rings (SSSR count). The zero-order valence-corrected chi connectivity index (χ0v) is 28.7. The first-order valence-electron chi connectivity index (χ1n) is 17.3. The summed E-state index contributed by atoms with van der Waals surface area (Å²) in [6.45, 7) is 2.15. The Kier molecular flexibility index (Phi) is 8.96. The van der Waals surface area contributed by atoms with Crippen LogP contribution in [-0.4, -0.2) is 34.4 Å². The third-order valence-electron chi connectivity index (χ3n) is 9.96. The van der Waals surface area contributed by atoms with Crippen LogP contribution in [0.15, 0.2) is 91.0 Å². The molecule has 4 aliphatic rings. The molecule has 0 radical (unpaired) electrons. The van der Waals surface area contributed by atoms with Crippen LogP contribution in [0.2, 0.25) is 0 Å². The molecule has 256 valence electrons. The molecule has 4 aliphatic heterocycles. The lowest BCUT2D eigenvalue weighted by molar-refractivity contribution is 0.291. The van der Waals surface area contributed by atoms with Crippen LogP contribution in [0.3, 0.4) is 0 Å². The van der Waals surface area contributed by atoms with E-state index in [1.54, 1.807) is 21.3 Å². The summed E-state index contributed by atoms with van der Waals surface area (Å²) in [6, 6.07) is 31.2. The van der Waals surface area contributed by atoms with Crippen LogP contribution < -0.4 is 39.1 Å². The SMILES string of the molecule is COc1cc2c3cc1Oc1c(OC)c(OC)cc4c1C(Cc1ccc(cc1)Oc1cc(ccc1OCc1ccccc1)CC3NCC2)NCC4. The molecule has 0 saturated carbocycles. The van der Waals surface area contributed by atoms with Crippen LogP contribution in [0.1, 0.15) is 51.0 Å². The van der Waals surface area contributed by atoms with Crippen molar-refractivity contribution in [3.05, 3.63) is 130 Å². The first kappa shape index (κ1) is 32.0. The van der Waals surface area contributed by atoms with Gasteiger partial charge in [-0.1, -0.05) is 48.5 Å². The molecule has 0 saturated heterocycles. The number of ether oxygens (including phenoxy) is 6. The number of hydrogen-bond acceptors (Lipinski definition) is 8. The second-order valence-electron chi connectivity index (χ2n) is 13.0. The van der Waals surface area contributed by atoms with Crippen molar-refractivity contribution in [1.82, 2.24) is 10.6 Å². The van der Waals surface area contributed by atoms with Crippen molar-refractivity contribution >= 4 is 0 Å². The first-order valence-corrected chi connectivity index (χ1v) is 17.3. The molecule has 0 aromatic heterocycles. The zero-order chi connectivity index (χ0) is 34.0. The van der Waals surface area contributed by atoms with Crippen LogP contribution in [0.25, 0.3) is 0 Å². The van der Waals surface area contributed by atoms with E-state index in [-0.39, 0.29) is 12.1 Å². The number of rotatable bonds is 6. The van der Waals surface area contributed by atoms with Gasteiger partial charge in [0.1, 0.15) is 12.4 Å². The van der Waals surface area contributed by atoms with Crippen LogP contribution in [-0.2, 0) is 32.3 Å². The maximum Gasteiger partial charge on any atom is 0.204 e. The fourth-order valence-corrected chi connectivity index (χ4v) is 7.46. The Balaban J connectivity index is 1.25. The maximum atomic E-state index is 6.97. The van der Waals surface area contributed by atoms with E-state index in [1.807, 2.05) is 36.4 Å². The van der Waals surface area contributed by atoms with Gasteiger partial charge in [-0.3, -0.25) is 0 Å². The molecule has 50 heavy (non-hydrogen) atoms. The molecule has 2 N–H and O–H groups in total. The van der Waals surface area contributed by atoms with Gasteiger partial charge in [0.05, 0.1) is 21.3 Å². The monoisotopic (exact) mass is 670 g/mol. The second kappa shape index (κ2) is 14.0. The summed E-state index contributed by atoms with van der Waals surface area (Å²) in [5.74, 6) is 5.32. The predicted molar refractivity (Wildman–Crippen MR) is 193 cm³/mol. The molecule has 2 unspecified atom stereocenters. The van der Waals surface area contributed by atoms with E-state index in [2.05, 4.69) is 65.2 Å². The Morgan fingerprint density at radius 2 is 1.34 bits per heavy atom. The predicted octanol–water partition coefficient (Wildman–Crippen LogP) is 8.05. The van der Waals surface area contributed by atoms with Gasteiger partial charge in [-0.05, 0) is 115 Å². The number of nitrogens with one attached hydrogen (secondary N) is 2. The van der Waals surface area contributed by atoms with Crippen molar-refractivity contribution < 1.29 is 28.4 Å². The normalized spacial score (nSPS) is 17.7. The minimum Gasteiger partial charge on any atom is -0.493 e. The standard InChI is InChI=1S/C42H42N2O6/c1-45-36-22-29-15-17-43-33-20-28-11-14-35(48-25-27-7-5-4-6-8-27)37(21-28)49-31-12-9-26(10-13-31)19-34-40-30(16-18-44-34)23-39(46-2)41(47-3)42(40)50-38(36)24-32(29)33/h4-14,21-24,33-34,43-44H,15-20,25H2,1-3H3. The molecule has 8 heteroatoms. The summed E-state index contributed by atoms with van der Waals surface area (Å²) in [5.41, 5.74) is 8.06. The molecule has 8 nitrogen and oxygen atoms in total. The Labute approximate surface area is 293 Å². The number of fused-ring (bicyclic) bond motifs is 2. The minimum atomic E-state index is -0.0214. The fraction of sp³-hybridized carbons (Fsp3) is 0.286. The van der Waals surface area contributed by atoms with E-state index in [9.17, 15) is 0 Å². The lowest BCUT2D eigenvalue weighted by Crippen LogP contribution is -2.32. The third kappa shape index (κ3) is 6.32. The van der Waals surface area contributed by atoms with Crippen molar-refractivity contribution in [2.75, 3.05) is 34.4 Å². The fourth-order valence-electron chi connectivity index (χ4n) is 7.46. The van der Waals surface area contributed by atoms with E-state index in [0.29, 0.717) is 46.9 Å². The van der Waals surface area contributed by atoms with Gasteiger partial charge in [0.25, 0.3) is 0 Å². The smallest absolute Gasteiger partial charge is 0.204 e. The van der Waals surface area contributed by atoms with Gasteiger partial charge >= 0.3 is 0 Å². The molecule has 5 aromatic rings. The summed E-state index contributed by atoms with van der Waals surface area (Å²) in [7, 11) is 5.03. The van der Waals surface area contributed by atoms with Gasteiger partial charge in [0, 0.05) is 17.6 Å². The largest absolute Gasteiger partial charge is 0.493 e. The molecule has 0 aliphatic carbocycles. The average Bonchev–Trinajstić information content (AvgIpc) is 3.15. The number of hydrogen-bond donors (Lipinski definition) is 2. The maximum absolute atomic E-state index is 6.97. The number of methoxy groups -OCH3 is 3. The van der Waals surface area contributed by atoms with E-state index in [4.69, 9.17) is 28.4 Å². The lowest BCUT2D eigenvalue weighted by atomic mass is 9.88. The van der Waals surface area contributed by atoms with E-state index in [0.717, 1.165) is 61.2 Å². The highest BCUT2D eigenvalue weighted by atomic mass is 16.5. The van der Waals surface area contributed by atoms with Crippen molar-refractivity contribution in [3.63, 3.8) is 0 Å². The summed E-state index contributed by atoms with van der Waals surface area (Å²) >= 11 is 0. The van der Waals surface area contributed by atoms with E-state index < -0.39 is 0 Å². The van der Waals surface area contributed by atoms with Crippen LogP contribution >= 0.6 is 0 Å². The van der Waals surface area contributed by atoms with Crippen molar-refractivity contribution in [3.8, 4) is 46.0 Å². The summed E-state index contributed by atoms with van der Waals surface area (Å²) < 4.78 is 37.7. The van der Waals surface area contributed by atoms with Crippen molar-refractivity contribution in [2.45, 2.75) is 44.4 Å². The topological polar surface area (TPSA) is 79.4 Å². The molecule has 5 aromatic carbocycles. The van der Waals surface area contributed by atoms with Crippen LogP contribution in [0.4, 0.5) is 0 Å². The zero-order valence-electron chi connectivity index (χ0n) is 28.7. The Hall–Kier alpha value is -5.18. The first-order chi connectivity index (χ1) is 24.6. The lowest BCUT2D eigenvalue weighted by Gasteiger charge is -2.32. The van der Waals surface area contributed by atoms with Crippen molar-refractivity contribution in [1.29, 1.82) is 0 Å². The Morgan fingerprint density at radius 1 is 0.640 bits per heavy atom. The van der Waals surface area contributed by atoms with Gasteiger partial charge < -0.3 is 39.1 Å². The molecular formula is C42H42N2O6. The highest BCUT2D eigenvalue weighted by Crippen LogP contribution is 2.50. The summed E-state index contributed by atoms with van der Waals surface area (Å²) in [6.07, 6.45) is 3.22. The quantitative estimate of drug-likeness (QED) is 0.188. The van der Waals surface area contributed by atoms with Gasteiger partial charge in [-0.15, -0.1) is 0 Å². The third-order valence-corrected chi connectivity index (χ3v) is 9.96. The summed E-state index contributed by atoms with van der Waals surface area (Å²) in [4.78, 5) is 0. The molecule has 0 fully saturated rings. The van der Waals surface area contributed by atoms with E-state index >= 15 is 0 Å². The van der Waals surface area contributed by atoms with Gasteiger partial charge in [-0.25, -0.2) is 0 Å².